The van der Waals surface area contributed by atoms with Crippen molar-refractivity contribution < 1.29 is 14.3 Å². The smallest absolute Gasteiger partial charge is 0.410 e. The summed E-state index contributed by atoms with van der Waals surface area (Å²) >= 11 is 5.93. The van der Waals surface area contributed by atoms with E-state index < -0.39 is 5.60 Å². The molecule has 144 valence electrons. The fourth-order valence-corrected chi connectivity index (χ4v) is 2.90. The Balaban J connectivity index is 1.87. The van der Waals surface area contributed by atoms with Crippen LogP contribution < -0.4 is 5.32 Å². The molecular weight excluding hydrogens is 354 g/mol. The van der Waals surface area contributed by atoms with Crippen molar-refractivity contribution in [1.82, 2.24) is 15.1 Å². The van der Waals surface area contributed by atoms with Gasteiger partial charge in [0.15, 0.2) is 0 Å². The van der Waals surface area contributed by atoms with Crippen LogP contribution >= 0.6 is 11.6 Å². The van der Waals surface area contributed by atoms with Crippen LogP contribution in [0.15, 0.2) is 24.3 Å². The molecule has 0 aliphatic carbocycles. The minimum absolute atomic E-state index is 0.0661. The van der Waals surface area contributed by atoms with Crippen LogP contribution in [0, 0.1) is 0 Å². The molecule has 1 atom stereocenters. The minimum Gasteiger partial charge on any atom is -0.444 e. The van der Waals surface area contributed by atoms with Gasteiger partial charge in [-0.3, -0.25) is 0 Å². The van der Waals surface area contributed by atoms with E-state index >= 15 is 0 Å². The third-order valence-electron chi connectivity index (χ3n) is 4.20. The van der Waals surface area contributed by atoms with Crippen LogP contribution in [0.3, 0.4) is 0 Å². The number of hydrogen-bond donors (Lipinski definition) is 1. The third-order valence-corrected chi connectivity index (χ3v) is 4.45. The summed E-state index contributed by atoms with van der Waals surface area (Å²) in [5, 5.41) is 3.74. The first kappa shape index (κ1) is 20.4. The molecule has 0 spiro atoms. The maximum Gasteiger partial charge on any atom is 0.410 e. The fourth-order valence-electron chi connectivity index (χ4n) is 2.78. The fraction of sp³-hybridized carbons (Fsp3) is 0.579. The van der Waals surface area contributed by atoms with Crippen LogP contribution in [0.5, 0.6) is 0 Å². The van der Waals surface area contributed by atoms with Crippen molar-refractivity contribution in [1.29, 1.82) is 0 Å². The molecule has 0 bridgehead atoms. The number of benzene rings is 1. The molecule has 2 rings (SSSR count). The lowest BCUT2D eigenvalue weighted by molar-refractivity contribution is 0.0169. The standard InChI is InChI=1S/C19H28ClN3O3/c1-5-16(14-6-8-15(20)9-7-14)21-17(24)22-10-12-23(13-11-22)18(25)26-19(2,3)4/h6-9,16H,5,10-13H2,1-4H3,(H,21,24). The molecule has 1 unspecified atom stereocenters. The highest BCUT2D eigenvalue weighted by Gasteiger charge is 2.28. The van der Waals surface area contributed by atoms with E-state index in [0.29, 0.717) is 31.2 Å². The van der Waals surface area contributed by atoms with Gasteiger partial charge < -0.3 is 19.9 Å². The monoisotopic (exact) mass is 381 g/mol. The summed E-state index contributed by atoms with van der Waals surface area (Å²) in [6.45, 7) is 9.48. The first-order chi connectivity index (χ1) is 12.2. The number of hydrogen-bond acceptors (Lipinski definition) is 3. The number of piperazine rings is 1. The average Bonchev–Trinajstić information content (AvgIpc) is 2.59. The summed E-state index contributed by atoms with van der Waals surface area (Å²) in [6.07, 6.45) is 0.454. The van der Waals surface area contributed by atoms with E-state index in [4.69, 9.17) is 16.3 Å². The van der Waals surface area contributed by atoms with Crippen LogP contribution in [0.25, 0.3) is 0 Å². The predicted molar refractivity (Wildman–Crippen MR) is 102 cm³/mol. The molecule has 1 aliphatic rings. The molecule has 6 nitrogen and oxygen atoms in total. The molecular formula is C19H28ClN3O3. The average molecular weight is 382 g/mol. The Kier molecular flexibility index (Phi) is 6.75. The van der Waals surface area contributed by atoms with Crippen LogP contribution in [0.2, 0.25) is 5.02 Å². The van der Waals surface area contributed by atoms with E-state index in [1.165, 1.54) is 0 Å². The Morgan fingerprint density at radius 2 is 1.65 bits per heavy atom. The van der Waals surface area contributed by atoms with Gasteiger partial charge in [-0.15, -0.1) is 0 Å². The van der Waals surface area contributed by atoms with Crippen molar-refractivity contribution in [2.75, 3.05) is 26.2 Å². The number of rotatable bonds is 3. The molecule has 1 N–H and O–H groups in total. The second-order valence-corrected chi connectivity index (χ2v) is 7.85. The lowest BCUT2D eigenvalue weighted by atomic mass is 10.1. The summed E-state index contributed by atoms with van der Waals surface area (Å²) in [7, 11) is 0. The van der Waals surface area contributed by atoms with Crippen LogP contribution in [-0.2, 0) is 4.74 Å². The maximum absolute atomic E-state index is 12.6. The van der Waals surface area contributed by atoms with Crippen molar-refractivity contribution in [3.05, 3.63) is 34.9 Å². The van der Waals surface area contributed by atoms with Gasteiger partial charge in [0.05, 0.1) is 6.04 Å². The molecule has 1 aromatic carbocycles. The molecule has 0 saturated carbocycles. The van der Waals surface area contributed by atoms with E-state index in [0.717, 1.165) is 12.0 Å². The van der Waals surface area contributed by atoms with Gasteiger partial charge in [-0.05, 0) is 44.9 Å². The van der Waals surface area contributed by atoms with Crippen molar-refractivity contribution >= 4 is 23.7 Å². The van der Waals surface area contributed by atoms with Gasteiger partial charge in [0.1, 0.15) is 5.60 Å². The Bertz CT molecular complexity index is 620. The number of nitrogens with one attached hydrogen (secondary N) is 1. The SMILES string of the molecule is CCC(NC(=O)N1CCN(C(=O)OC(C)(C)C)CC1)c1ccc(Cl)cc1. The molecule has 1 heterocycles. The predicted octanol–water partition coefficient (Wildman–Crippen LogP) is 4.05. The van der Waals surface area contributed by atoms with Crippen LogP contribution in [-0.4, -0.2) is 53.7 Å². The van der Waals surface area contributed by atoms with E-state index in [1.54, 1.807) is 9.80 Å². The van der Waals surface area contributed by atoms with Gasteiger partial charge in [0, 0.05) is 31.2 Å². The zero-order valence-corrected chi connectivity index (χ0v) is 16.7. The van der Waals surface area contributed by atoms with Gasteiger partial charge in [0.2, 0.25) is 0 Å². The number of nitrogens with zero attached hydrogens (tertiary/aromatic N) is 2. The molecule has 26 heavy (non-hydrogen) atoms. The van der Waals surface area contributed by atoms with E-state index in [-0.39, 0.29) is 18.2 Å². The Hall–Kier alpha value is -1.95. The molecule has 1 fully saturated rings. The molecule has 1 saturated heterocycles. The first-order valence-electron chi connectivity index (χ1n) is 8.98. The summed E-state index contributed by atoms with van der Waals surface area (Å²) in [6, 6.07) is 7.32. The van der Waals surface area contributed by atoms with Crippen molar-refractivity contribution in [3.8, 4) is 0 Å². The van der Waals surface area contributed by atoms with Gasteiger partial charge >= 0.3 is 12.1 Å². The number of halogens is 1. The number of carbonyl (C=O) groups excluding carboxylic acids is 2. The zero-order valence-electron chi connectivity index (χ0n) is 15.9. The molecule has 0 aromatic heterocycles. The summed E-state index contributed by atoms with van der Waals surface area (Å²) < 4.78 is 5.38. The van der Waals surface area contributed by atoms with Crippen molar-refractivity contribution in [2.45, 2.75) is 45.8 Å². The second kappa shape index (κ2) is 8.62. The summed E-state index contributed by atoms with van der Waals surface area (Å²) in [5.74, 6) is 0. The normalized spacial score (nSPS) is 16.2. The highest BCUT2D eigenvalue weighted by molar-refractivity contribution is 6.30. The van der Waals surface area contributed by atoms with Gasteiger partial charge in [-0.2, -0.15) is 0 Å². The van der Waals surface area contributed by atoms with Crippen LogP contribution in [0.4, 0.5) is 9.59 Å². The number of amides is 3. The second-order valence-electron chi connectivity index (χ2n) is 7.42. The Labute approximate surface area is 160 Å². The Morgan fingerprint density at radius 3 is 2.15 bits per heavy atom. The highest BCUT2D eigenvalue weighted by Crippen LogP contribution is 2.20. The summed E-state index contributed by atoms with van der Waals surface area (Å²) in [5.41, 5.74) is 0.510. The minimum atomic E-state index is -0.515. The molecule has 0 radical (unpaired) electrons. The molecule has 1 aliphatic heterocycles. The zero-order chi connectivity index (χ0) is 19.3. The first-order valence-corrected chi connectivity index (χ1v) is 9.36. The molecule has 3 amide bonds. The van der Waals surface area contributed by atoms with Crippen molar-refractivity contribution in [3.63, 3.8) is 0 Å². The van der Waals surface area contributed by atoms with Crippen molar-refractivity contribution in [2.24, 2.45) is 0 Å². The topological polar surface area (TPSA) is 61.9 Å². The molecule has 1 aromatic rings. The van der Waals surface area contributed by atoms with Gasteiger partial charge in [-0.1, -0.05) is 30.7 Å². The number of ether oxygens (including phenoxy) is 1. The highest BCUT2D eigenvalue weighted by atomic mass is 35.5. The lowest BCUT2D eigenvalue weighted by Gasteiger charge is -2.36. The summed E-state index contributed by atoms with van der Waals surface area (Å²) in [4.78, 5) is 28.0. The number of carbonyl (C=O) groups is 2. The molecule has 7 heteroatoms. The van der Waals surface area contributed by atoms with E-state index in [9.17, 15) is 9.59 Å². The lowest BCUT2D eigenvalue weighted by Crippen LogP contribution is -2.54. The van der Waals surface area contributed by atoms with Gasteiger partial charge in [-0.25, -0.2) is 9.59 Å². The maximum atomic E-state index is 12.6. The Morgan fingerprint density at radius 1 is 1.12 bits per heavy atom. The quantitative estimate of drug-likeness (QED) is 0.858. The number of urea groups is 1. The van der Waals surface area contributed by atoms with Gasteiger partial charge in [0.25, 0.3) is 0 Å². The third kappa shape index (κ3) is 5.80. The van der Waals surface area contributed by atoms with E-state index in [2.05, 4.69) is 5.32 Å². The van der Waals surface area contributed by atoms with Crippen LogP contribution in [0.1, 0.15) is 45.7 Å². The van der Waals surface area contributed by atoms with E-state index in [1.807, 2.05) is 52.0 Å². The largest absolute Gasteiger partial charge is 0.444 e.